The van der Waals surface area contributed by atoms with E-state index in [0.29, 0.717) is 25.9 Å². The van der Waals surface area contributed by atoms with E-state index >= 15 is 0 Å². The maximum absolute atomic E-state index is 13.3. The van der Waals surface area contributed by atoms with E-state index in [1.54, 1.807) is 11.8 Å². The third-order valence-corrected chi connectivity index (χ3v) is 5.61. The standard InChI is InChI=1S/C26H30N2O2/c1-4-27-26(30)20(3)28(18-23-12-6-5-10-19(23)2)25(29)17-16-22-14-9-13-21-11-7-8-15-24(21)22/h5-15,20H,4,16-18H2,1-3H3,(H,27,30)/t20-/m0/s1. The SMILES string of the molecule is CCNC(=O)[C@H](C)N(Cc1ccccc1C)C(=O)CCc1cccc2ccccc12. The molecule has 1 N–H and O–H groups in total. The number of carbonyl (C=O) groups excluding carboxylic acids is 2. The Hall–Kier alpha value is -3.14. The van der Waals surface area contributed by atoms with Gasteiger partial charge in [-0.3, -0.25) is 9.59 Å². The van der Waals surface area contributed by atoms with Crippen LogP contribution in [-0.4, -0.2) is 29.3 Å². The highest BCUT2D eigenvalue weighted by atomic mass is 16.2. The molecule has 0 aromatic heterocycles. The van der Waals surface area contributed by atoms with E-state index in [1.807, 2.05) is 56.3 Å². The fourth-order valence-electron chi connectivity index (χ4n) is 3.77. The summed E-state index contributed by atoms with van der Waals surface area (Å²) in [4.78, 5) is 27.5. The van der Waals surface area contributed by atoms with Crippen LogP contribution in [0.4, 0.5) is 0 Å². The van der Waals surface area contributed by atoms with E-state index < -0.39 is 6.04 Å². The first-order valence-corrected chi connectivity index (χ1v) is 10.6. The lowest BCUT2D eigenvalue weighted by molar-refractivity contribution is -0.140. The van der Waals surface area contributed by atoms with Gasteiger partial charge in [-0.15, -0.1) is 0 Å². The lowest BCUT2D eigenvalue weighted by Gasteiger charge is -2.29. The van der Waals surface area contributed by atoms with Crippen LogP contribution < -0.4 is 5.32 Å². The molecule has 30 heavy (non-hydrogen) atoms. The number of aryl methyl sites for hydroxylation is 2. The zero-order valence-electron chi connectivity index (χ0n) is 18.0. The summed E-state index contributed by atoms with van der Waals surface area (Å²) in [5.74, 6) is -0.130. The van der Waals surface area contributed by atoms with Crippen molar-refractivity contribution in [1.29, 1.82) is 0 Å². The first-order valence-electron chi connectivity index (χ1n) is 10.6. The van der Waals surface area contributed by atoms with Crippen molar-refractivity contribution in [3.05, 3.63) is 83.4 Å². The van der Waals surface area contributed by atoms with Crippen molar-refractivity contribution in [2.75, 3.05) is 6.54 Å². The van der Waals surface area contributed by atoms with Crippen LogP contribution in [0.1, 0.15) is 37.0 Å². The number of nitrogens with zero attached hydrogens (tertiary/aromatic N) is 1. The van der Waals surface area contributed by atoms with Crippen LogP contribution in [0.5, 0.6) is 0 Å². The van der Waals surface area contributed by atoms with Crippen molar-refractivity contribution >= 4 is 22.6 Å². The summed E-state index contributed by atoms with van der Waals surface area (Å²) in [6.45, 7) is 6.70. The normalized spacial score (nSPS) is 11.8. The van der Waals surface area contributed by atoms with E-state index in [-0.39, 0.29) is 11.8 Å². The molecule has 3 aromatic rings. The number of carbonyl (C=O) groups is 2. The van der Waals surface area contributed by atoms with Gasteiger partial charge in [-0.2, -0.15) is 0 Å². The molecule has 0 aliphatic carbocycles. The van der Waals surface area contributed by atoms with Gasteiger partial charge < -0.3 is 10.2 Å². The van der Waals surface area contributed by atoms with E-state index in [0.717, 1.165) is 16.7 Å². The molecule has 3 rings (SSSR count). The number of rotatable bonds is 8. The second-order valence-corrected chi connectivity index (χ2v) is 7.66. The van der Waals surface area contributed by atoms with Gasteiger partial charge in [0.15, 0.2) is 0 Å². The fourth-order valence-corrected chi connectivity index (χ4v) is 3.77. The molecule has 0 heterocycles. The average molecular weight is 403 g/mol. The highest BCUT2D eigenvalue weighted by molar-refractivity contribution is 5.88. The van der Waals surface area contributed by atoms with E-state index in [4.69, 9.17) is 0 Å². The Morgan fingerprint density at radius 1 is 0.933 bits per heavy atom. The molecule has 0 saturated carbocycles. The van der Waals surface area contributed by atoms with Gasteiger partial charge >= 0.3 is 0 Å². The van der Waals surface area contributed by atoms with Gasteiger partial charge in [-0.05, 0) is 54.7 Å². The summed E-state index contributed by atoms with van der Waals surface area (Å²) < 4.78 is 0. The largest absolute Gasteiger partial charge is 0.355 e. The molecule has 4 heteroatoms. The molecule has 0 radical (unpaired) electrons. The van der Waals surface area contributed by atoms with Gasteiger partial charge in [-0.25, -0.2) is 0 Å². The Balaban J connectivity index is 1.80. The maximum atomic E-state index is 13.3. The molecule has 3 aromatic carbocycles. The summed E-state index contributed by atoms with van der Waals surface area (Å²) in [5, 5.41) is 5.20. The van der Waals surface area contributed by atoms with Gasteiger partial charge in [0.25, 0.3) is 0 Å². The Morgan fingerprint density at radius 2 is 1.60 bits per heavy atom. The van der Waals surface area contributed by atoms with Gasteiger partial charge in [0.2, 0.25) is 11.8 Å². The van der Waals surface area contributed by atoms with E-state index in [1.165, 1.54) is 10.8 Å². The van der Waals surface area contributed by atoms with E-state index in [2.05, 4.69) is 29.6 Å². The maximum Gasteiger partial charge on any atom is 0.242 e. The van der Waals surface area contributed by atoms with E-state index in [9.17, 15) is 9.59 Å². The summed E-state index contributed by atoms with van der Waals surface area (Å²) in [7, 11) is 0. The zero-order chi connectivity index (χ0) is 21.5. The zero-order valence-corrected chi connectivity index (χ0v) is 18.0. The molecule has 156 valence electrons. The van der Waals surface area contributed by atoms with Gasteiger partial charge in [-0.1, -0.05) is 66.7 Å². The van der Waals surface area contributed by atoms with Crippen molar-refractivity contribution in [3.8, 4) is 0 Å². The summed E-state index contributed by atoms with van der Waals surface area (Å²) in [5.41, 5.74) is 3.34. The molecule has 1 atom stereocenters. The third-order valence-electron chi connectivity index (χ3n) is 5.61. The molecule has 0 aliphatic heterocycles. The summed E-state index contributed by atoms with van der Waals surface area (Å²) >= 11 is 0. The Kier molecular flexibility index (Phi) is 7.23. The highest BCUT2D eigenvalue weighted by Crippen LogP contribution is 2.21. The monoisotopic (exact) mass is 402 g/mol. The van der Waals surface area contributed by atoms with Crippen molar-refractivity contribution in [2.24, 2.45) is 0 Å². The summed E-state index contributed by atoms with van der Waals surface area (Å²) in [6.07, 6.45) is 1.01. The lowest BCUT2D eigenvalue weighted by Crippen LogP contribution is -2.47. The molecule has 0 aliphatic rings. The topological polar surface area (TPSA) is 49.4 Å². The van der Waals surface area contributed by atoms with Crippen LogP contribution in [0.2, 0.25) is 0 Å². The second-order valence-electron chi connectivity index (χ2n) is 7.66. The minimum absolute atomic E-state index is 0.00931. The number of hydrogen-bond acceptors (Lipinski definition) is 2. The fraction of sp³-hybridized carbons (Fsp3) is 0.308. The molecule has 0 spiro atoms. The first-order chi connectivity index (χ1) is 14.5. The van der Waals surface area contributed by atoms with Crippen molar-refractivity contribution in [3.63, 3.8) is 0 Å². The van der Waals surface area contributed by atoms with Gasteiger partial charge in [0.05, 0.1) is 0 Å². The Morgan fingerprint density at radius 3 is 2.37 bits per heavy atom. The summed E-state index contributed by atoms with van der Waals surface area (Å²) in [6, 6.07) is 21.9. The van der Waals surface area contributed by atoms with Crippen LogP contribution in [-0.2, 0) is 22.6 Å². The average Bonchev–Trinajstić information content (AvgIpc) is 2.76. The molecule has 0 saturated heterocycles. The second kappa shape index (κ2) is 10.1. The van der Waals surface area contributed by atoms with Gasteiger partial charge in [0.1, 0.15) is 6.04 Å². The van der Waals surface area contributed by atoms with Crippen LogP contribution in [0, 0.1) is 6.92 Å². The predicted molar refractivity (Wildman–Crippen MR) is 122 cm³/mol. The smallest absolute Gasteiger partial charge is 0.242 e. The molecule has 0 bridgehead atoms. The quantitative estimate of drug-likeness (QED) is 0.597. The van der Waals surface area contributed by atoms with Gasteiger partial charge in [0, 0.05) is 19.5 Å². The predicted octanol–water partition coefficient (Wildman–Crippen LogP) is 4.63. The van der Waals surface area contributed by atoms with Crippen molar-refractivity contribution in [1.82, 2.24) is 10.2 Å². The first kappa shape index (κ1) is 21.6. The number of amides is 2. The molecule has 0 fully saturated rings. The highest BCUT2D eigenvalue weighted by Gasteiger charge is 2.26. The van der Waals surface area contributed by atoms with Crippen LogP contribution in [0.15, 0.2) is 66.7 Å². The van der Waals surface area contributed by atoms with Crippen LogP contribution in [0.25, 0.3) is 10.8 Å². The third kappa shape index (κ3) is 5.07. The minimum atomic E-state index is -0.524. The van der Waals surface area contributed by atoms with Crippen LogP contribution >= 0.6 is 0 Å². The number of benzene rings is 3. The molecule has 2 amide bonds. The number of likely N-dealkylation sites (N-methyl/N-ethyl adjacent to an activating group) is 1. The number of fused-ring (bicyclic) bond motifs is 1. The minimum Gasteiger partial charge on any atom is -0.355 e. The van der Waals surface area contributed by atoms with Crippen molar-refractivity contribution in [2.45, 2.75) is 46.2 Å². The Bertz CT molecular complexity index is 1020. The molecular formula is C26H30N2O2. The van der Waals surface area contributed by atoms with Crippen LogP contribution in [0.3, 0.4) is 0 Å². The number of hydrogen-bond donors (Lipinski definition) is 1. The molecular weight excluding hydrogens is 372 g/mol. The molecule has 0 unspecified atom stereocenters. The molecule has 4 nitrogen and oxygen atoms in total. The Labute approximate surface area is 178 Å². The lowest BCUT2D eigenvalue weighted by atomic mass is 10.00. The number of nitrogens with one attached hydrogen (secondary N) is 1. The van der Waals surface area contributed by atoms with Crippen molar-refractivity contribution < 1.29 is 9.59 Å².